The zero-order valence-electron chi connectivity index (χ0n) is 20.4. The van der Waals surface area contributed by atoms with E-state index in [1.54, 1.807) is 32.0 Å². The third kappa shape index (κ3) is 6.59. The lowest BCUT2D eigenvalue weighted by Gasteiger charge is -2.20. The van der Waals surface area contributed by atoms with Crippen molar-refractivity contribution in [2.45, 2.75) is 31.1 Å². The number of methoxy groups -OCH3 is 1. The molecule has 3 rings (SSSR count). The molecule has 1 atom stereocenters. The second-order valence-electron chi connectivity index (χ2n) is 7.81. The third-order valence-corrected chi connectivity index (χ3v) is 7.71. The summed E-state index contributed by atoms with van der Waals surface area (Å²) in [6.07, 6.45) is -10.1. The monoisotopic (exact) mass is 580 g/mol. The van der Waals surface area contributed by atoms with Crippen molar-refractivity contribution in [2.24, 2.45) is 0 Å². The van der Waals surface area contributed by atoms with Gasteiger partial charge in [-0.15, -0.1) is 11.3 Å². The fraction of sp³-hybridized carbons (Fsp3) is 0.292. The number of carbonyl (C=O) groups excluding carboxylic acids is 1. The van der Waals surface area contributed by atoms with Gasteiger partial charge in [-0.3, -0.25) is 9.10 Å². The molecule has 0 radical (unpaired) electrons. The van der Waals surface area contributed by atoms with Gasteiger partial charge in [-0.1, -0.05) is 0 Å². The number of nitrogens with zero attached hydrogens (tertiary/aromatic N) is 1. The lowest BCUT2D eigenvalue weighted by atomic mass is 10.1. The Balaban J connectivity index is 1.94. The summed E-state index contributed by atoms with van der Waals surface area (Å²) < 4.78 is 105. The molecular weight excluding hydrogens is 558 g/mol. The summed E-state index contributed by atoms with van der Waals surface area (Å²) in [6.45, 7) is 3.80. The number of carbonyl (C=O) groups is 1. The highest BCUT2D eigenvalue weighted by molar-refractivity contribution is 7.86. The quantitative estimate of drug-likeness (QED) is 0.294. The molecule has 1 amide bonds. The molecule has 0 aliphatic rings. The first-order valence-corrected chi connectivity index (χ1v) is 12.8. The van der Waals surface area contributed by atoms with Gasteiger partial charge < -0.3 is 14.8 Å². The summed E-state index contributed by atoms with van der Waals surface area (Å²) in [6, 6.07) is 7.04. The van der Waals surface area contributed by atoms with Gasteiger partial charge in [0.25, 0.3) is 5.91 Å². The van der Waals surface area contributed by atoms with Gasteiger partial charge in [-0.2, -0.15) is 26.3 Å². The predicted octanol–water partition coefficient (Wildman–Crippen LogP) is 6.91. The first kappa shape index (κ1) is 29.3. The lowest BCUT2D eigenvalue weighted by Crippen LogP contribution is -2.23. The van der Waals surface area contributed by atoms with Crippen LogP contribution < -0.4 is 19.1 Å². The number of aryl methyl sites for hydroxylation is 1. The topological polar surface area (TPSA) is 67.9 Å². The van der Waals surface area contributed by atoms with E-state index >= 15 is 0 Å². The summed E-state index contributed by atoms with van der Waals surface area (Å²) in [7, 11) is 0.941. The standard InChI is InChI=1S/C24H22F6N2O4S2/c1-5-36-18-7-6-17(12-19(18)35-4)32(3)38(34)20-8-13(2)37-21(20)22(33)31-16-10-14(23(25,26)27)9-15(11-16)24(28,29)30/h6-12H,5H2,1-4H3,(H,31,33). The average Bonchev–Trinajstić information content (AvgIpc) is 3.24. The van der Waals surface area contributed by atoms with E-state index in [2.05, 4.69) is 5.32 Å². The molecule has 0 aliphatic heterocycles. The molecular formula is C24H22F6N2O4S2. The largest absolute Gasteiger partial charge is 0.493 e. The molecule has 3 aromatic rings. The van der Waals surface area contributed by atoms with Crippen LogP contribution in [-0.2, 0) is 23.3 Å². The molecule has 1 heterocycles. The van der Waals surface area contributed by atoms with E-state index in [0.717, 1.165) is 11.3 Å². The van der Waals surface area contributed by atoms with E-state index in [0.29, 0.717) is 40.8 Å². The van der Waals surface area contributed by atoms with Crippen LogP contribution in [0.2, 0.25) is 0 Å². The second kappa shape index (κ2) is 11.2. The number of amides is 1. The van der Waals surface area contributed by atoms with Crippen LogP contribution in [0.3, 0.4) is 0 Å². The SMILES string of the molecule is CCOc1ccc(N(C)S(=O)c2cc(C)sc2C(=O)Nc2cc(C(F)(F)F)cc(C(F)(F)F)c2)cc1OC. The molecule has 38 heavy (non-hydrogen) atoms. The fourth-order valence-electron chi connectivity index (χ4n) is 3.36. The van der Waals surface area contributed by atoms with Gasteiger partial charge in [0.2, 0.25) is 0 Å². The number of anilines is 2. The number of thiophene rings is 1. The maximum absolute atomic E-state index is 13.4. The first-order valence-electron chi connectivity index (χ1n) is 10.8. The van der Waals surface area contributed by atoms with Crippen LogP contribution in [-0.4, -0.2) is 30.9 Å². The minimum absolute atomic E-state index is 0.0309. The molecule has 14 heteroatoms. The number of halogens is 6. The van der Waals surface area contributed by atoms with Crippen molar-refractivity contribution in [1.82, 2.24) is 0 Å². The van der Waals surface area contributed by atoms with Crippen molar-refractivity contribution in [3.63, 3.8) is 0 Å². The highest BCUT2D eigenvalue weighted by atomic mass is 32.2. The molecule has 0 saturated carbocycles. The van der Waals surface area contributed by atoms with Gasteiger partial charge in [-0.05, 0) is 50.2 Å². The molecule has 1 N–H and O–H groups in total. The maximum atomic E-state index is 13.4. The molecule has 1 aromatic heterocycles. The van der Waals surface area contributed by atoms with Gasteiger partial charge in [0.15, 0.2) is 22.5 Å². The van der Waals surface area contributed by atoms with Crippen LogP contribution in [0.1, 0.15) is 32.6 Å². The van der Waals surface area contributed by atoms with Gasteiger partial charge >= 0.3 is 12.4 Å². The molecule has 0 fully saturated rings. The Bertz CT molecular complexity index is 1320. The van der Waals surface area contributed by atoms with Gasteiger partial charge in [0, 0.05) is 23.7 Å². The zero-order valence-corrected chi connectivity index (χ0v) is 22.0. The van der Waals surface area contributed by atoms with E-state index in [1.807, 2.05) is 0 Å². The molecule has 0 bridgehead atoms. The van der Waals surface area contributed by atoms with Crippen LogP contribution >= 0.6 is 11.3 Å². The van der Waals surface area contributed by atoms with E-state index in [9.17, 15) is 35.3 Å². The van der Waals surface area contributed by atoms with Crippen LogP contribution in [0.15, 0.2) is 47.4 Å². The highest BCUT2D eigenvalue weighted by Gasteiger charge is 2.37. The minimum Gasteiger partial charge on any atom is -0.493 e. The van der Waals surface area contributed by atoms with Crippen molar-refractivity contribution >= 4 is 39.6 Å². The van der Waals surface area contributed by atoms with E-state index in [-0.39, 0.29) is 15.8 Å². The van der Waals surface area contributed by atoms with Crippen LogP contribution in [0.25, 0.3) is 0 Å². The number of ether oxygens (including phenoxy) is 2. The molecule has 0 aliphatic carbocycles. The summed E-state index contributed by atoms with van der Waals surface area (Å²) in [5, 5.41) is 2.09. The van der Waals surface area contributed by atoms with Crippen molar-refractivity contribution in [1.29, 1.82) is 0 Å². The van der Waals surface area contributed by atoms with Gasteiger partial charge in [-0.25, -0.2) is 4.21 Å². The Labute approximate surface area is 220 Å². The third-order valence-electron chi connectivity index (χ3n) is 5.12. The molecule has 1 unspecified atom stereocenters. The highest BCUT2D eigenvalue weighted by Crippen LogP contribution is 2.38. The van der Waals surface area contributed by atoms with Crippen molar-refractivity contribution < 1.29 is 44.8 Å². The number of nitrogens with one attached hydrogen (secondary N) is 1. The van der Waals surface area contributed by atoms with E-state index < -0.39 is 46.1 Å². The van der Waals surface area contributed by atoms with E-state index in [4.69, 9.17) is 9.47 Å². The fourth-order valence-corrected chi connectivity index (χ4v) is 5.71. The smallest absolute Gasteiger partial charge is 0.416 e. The second-order valence-corrected chi connectivity index (χ2v) is 10.6. The zero-order chi connectivity index (χ0) is 28.4. The first-order chi connectivity index (χ1) is 17.6. The van der Waals surface area contributed by atoms with Crippen LogP contribution in [0.4, 0.5) is 37.7 Å². The molecule has 206 valence electrons. The summed E-state index contributed by atoms with van der Waals surface area (Å²) in [5.41, 5.74) is -3.41. The number of rotatable bonds is 8. The van der Waals surface area contributed by atoms with Crippen molar-refractivity contribution in [2.75, 3.05) is 30.4 Å². The van der Waals surface area contributed by atoms with Crippen LogP contribution in [0, 0.1) is 6.92 Å². The van der Waals surface area contributed by atoms with Gasteiger partial charge in [0.05, 0.1) is 35.4 Å². The minimum atomic E-state index is -5.07. The predicted molar refractivity (Wildman–Crippen MR) is 132 cm³/mol. The number of benzene rings is 2. The van der Waals surface area contributed by atoms with Crippen LogP contribution in [0.5, 0.6) is 11.5 Å². The Kier molecular flexibility index (Phi) is 8.66. The number of alkyl halides is 6. The molecule has 0 spiro atoms. The molecule has 6 nitrogen and oxygen atoms in total. The Hall–Kier alpha value is -3.26. The van der Waals surface area contributed by atoms with Gasteiger partial charge in [0.1, 0.15) is 4.88 Å². The Morgan fingerprint density at radius 2 is 1.61 bits per heavy atom. The molecule has 2 aromatic carbocycles. The van der Waals surface area contributed by atoms with Crippen molar-refractivity contribution in [3.05, 3.63) is 63.3 Å². The van der Waals surface area contributed by atoms with E-state index in [1.165, 1.54) is 24.5 Å². The Morgan fingerprint density at radius 3 is 2.13 bits per heavy atom. The average molecular weight is 581 g/mol. The van der Waals surface area contributed by atoms with Crippen molar-refractivity contribution in [3.8, 4) is 11.5 Å². The normalized spacial score (nSPS) is 12.7. The Morgan fingerprint density at radius 1 is 1.00 bits per heavy atom. The lowest BCUT2D eigenvalue weighted by molar-refractivity contribution is -0.143. The summed E-state index contributed by atoms with van der Waals surface area (Å²) in [5.74, 6) is -0.169. The number of hydrogen-bond acceptors (Lipinski definition) is 5. The maximum Gasteiger partial charge on any atom is 0.416 e. The number of hydrogen-bond donors (Lipinski definition) is 1. The summed E-state index contributed by atoms with van der Waals surface area (Å²) >= 11 is 0.898. The summed E-state index contributed by atoms with van der Waals surface area (Å²) in [4.78, 5) is 13.5. The molecule has 0 saturated heterocycles.